The lowest BCUT2D eigenvalue weighted by Crippen LogP contribution is -2.21. The lowest BCUT2D eigenvalue weighted by Gasteiger charge is -2.19. The minimum atomic E-state index is -4.87. The molecule has 5 rings (SSSR count). The van der Waals surface area contributed by atoms with Gasteiger partial charge >= 0.3 is 12.1 Å². The van der Waals surface area contributed by atoms with Gasteiger partial charge in [0.25, 0.3) is 0 Å². The number of benzene rings is 3. The molecule has 1 aliphatic heterocycles. The second-order valence-corrected chi connectivity index (χ2v) is 9.33. The summed E-state index contributed by atoms with van der Waals surface area (Å²) in [6.07, 6.45) is -4.01. The van der Waals surface area contributed by atoms with Gasteiger partial charge < -0.3 is 9.47 Å². The number of rotatable bonds is 6. The number of hydrogen-bond acceptors (Lipinski definition) is 5. The predicted octanol–water partition coefficient (Wildman–Crippen LogP) is 5.27. The fraction of sp³-hybridized carbons (Fsp3) is 0.200. The Morgan fingerprint density at radius 2 is 1.78 bits per heavy atom. The van der Waals surface area contributed by atoms with Gasteiger partial charge in [0.15, 0.2) is 16.7 Å². The van der Waals surface area contributed by atoms with E-state index in [1.54, 1.807) is 47.8 Å². The molecule has 1 aromatic heterocycles. The molecule has 1 atom stereocenters. The summed E-state index contributed by atoms with van der Waals surface area (Å²) in [7, 11) is 0.000853. The molecule has 0 radical (unpaired) electrons. The van der Waals surface area contributed by atoms with Gasteiger partial charge in [0.1, 0.15) is 11.3 Å². The number of methoxy groups -OCH3 is 1. The molecular formula is C25H20F3N3O4S. The molecule has 4 aromatic rings. The van der Waals surface area contributed by atoms with Gasteiger partial charge in [-0.05, 0) is 42.8 Å². The van der Waals surface area contributed by atoms with Gasteiger partial charge in [-0.1, -0.05) is 24.3 Å². The molecule has 2 heterocycles. The summed E-state index contributed by atoms with van der Waals surface area (Å²) in [5, 5.41) is 4.91. The van der Waals surface area contributed by atoms with E-state index in [0.717, 1.165) is 11.8 Å². The molecule has 3 aromatic carbocycles. The molecule has 7 nitrogen and oxygen atoms in total. The van der Waals surface area contributed by atoms with Gasteiger partial charge in [-0.2, -0.15) is 18.3 Å². The lowest BCUT2D eigenvalue weighted by atomic mass is 10.1. The Labute approximate surface area is 206 Å². The van der Waals surface area contributed by atoms with E-state index in [1.165, 1.54) is 13.0 Å². The average molecular weight is 516 g/mol. The van der Waals surface area contributed by atoms with E-state index in [-0.39, 0.29) is 12.3 Å². The Bertz CT molecular complexity index is 1500. The Morgan fingerprint density at radius 3 is 2.44 bits per heavy atom. The van der Waals surface area contributed by atoms with Crippen LogP contribution in [0.1, 0.15) is 28.5 Å². The van der Waals surface area contributed by atoms with Crippen LogP contribution >= 0.6 is 0 Å². The first-order valence-corrected chi connectivity index (χ1v) is 12.1. The molecule has 0 amide bonds. The van der Waals surface area contributed by atoms with Crippen LogP contribution in [0.3, 0.4) is 0 Å². The summed E-state index contributed by atoms with van der Waals surface area (Å²) in [5.74, 6) is -0.410. The quantitative estimate of drug-likeness (QED) is 0.327. The first kappa shape index (κ1) is 23.9. The minimum Gasteiger partial charge on any atom is -0.497 e. The fourth-order valence-electron chi connectivity index (χ4n) is 4.29. The third kappa shape index (κ3) is 3.89. The van der Waals surface area contributed by atoms with E-state index in [1.807, 2.05) is 12.1 Å². The number of alkyl halides is 3. The maximum Gasteiger partial charge on any atom is 0.434 e. The van der Waals surface area contributed by atoms with Gasteiger partial charge in [-0.15, -0.1) is 0 Å². The van der Waals surface area contributed by atoms with Gasteiger partial charge in [0.05, 0.1) is 42.7 Å². The summed E-state index contributed by atoms with van der Waals surface area (Å²) in [6, 6.07) is 15.4. The summed E-state index contributed by atoms with van der Waals surface area (Å²) in [4.78, 5) is 12.7. The first-order valence-electron chi connectivity index (χ1n) is 11.0. The Hall–Kier alpha value is -3.86. The van der Waals surface area contributed by atoms with Gasteiger partial charge in [0.2, 0.25) is 0 Å². The van der Waals surface area contributed by atoms with Crippen LogP contribution in [0.15, 0.2) is 65.7 Å². The van der Waals surface area contributed by atoms with Crippen LogP contribution in [-0.4, -0.2) is 33.7 Å². The van der Waals surface area contributed by atoms with Gasteiger partial charge in [-0.3, -0.25) is 4.31 Å². The summed E-state index contributed by atoms with van der Waals surface area (Å²) < 4.78 is 68.0. The molecule has 0 saturated carbocycles. The number of halogens is 3. The number of esters is 1. The fourth-order valence-corrected chi connectivity index (χ4v) is 5.71. The van der Waals surface area contributed by atoms with Crippen molar-refractivity contribution in [2.75, 3.05) is 18.0 Å². The van der Waals surface area contributed by atoms with Crippen molar-refractivity contribution >= 4 is 33.4 Å². The second-order valence-electron chi connectivity index (χ2n) is 7.95. The van der Waals surface area contributed by atoms with Crippen molar-refractivity contribution in [3.05, 3.63) is 77.6 Å². The maximum absolute atomic E-state index is 14.1. The normalized spacial score (nSPS) is 14.9. The van der Waals surface area contributed by atoms with Crippen LogP contribution in [0, 0.1) is 0 Å². The van der Waals surface area contributed by atoms with Crippen molar-refractivity contribution < 1.29 is 31.6 Å². The zero-order valence-electron chi connectivity index (χ0n) is 19.2. The van der Waals surface area contributed by atoms with Crippen molar-refractivity contribution in [1.29, 1.82) is 0 Å². The van der Waals surface area contributed by atoms with E-state index >= 15 is 0 Å². The number of carbonyl (C=O) groups excluding carboxylic acids is 1. The Morgan fingerprint density at radius 1 is 1.06 bits per heavy atom. The van der Waals surface area contributed by atoms with Crippen molar-refractivity contribution in [1.82, 2.24) is 9.78 Å². The number of nitrogens with zero attached hydrogens (tertiary/aromatic N) is 3. The minimum absolute atomic E-state index is 0.0713. The third-order valence-electron chi connectivity index (χ3n) is 5.86. The van der Waals surface area contributed by atoms with Crippen molar-refractivity contribution in [3.63, 3.8) is 0 Å². The van der Waals surface area contributed by atoms with E-state index in [2.05, 4.69) is 5.10 Å². The average Bonchev–Trinajstić information content (AvgIpc) is 3.42. The topological polar surface area (TPSA) is 73.7 Å². The highest BCUT2D eigenvalue weighted by molar-refractivity contribution is 7.87. The van der Waals surface area contributed by atoms with Crippen LogP contribution in [0.4, 0.5) is 18.9 Å². The Kier molecular flexibility index (Phi) is 5.95. The zero-order chi connectivity index (χ0) is 25.6. The molecule has 0 N–H and O–H groups in total. The molecule has 0 saturated heterocycles. The molecule has 0 fully saturated rings. The third-order valence-corrected chi connectivity index (χ3v) is 7.30. The smallest absolute Gasteiger partial charge is 0.434 e. The molecule has 0 spiro atoms. The first-order chi connectivity index (χ1) is 17.2. The van der Waals surface area contributed by atoms with Crippen LogP contribution < -0.4 is 9.04 Å². The standard InChI is InChI=1S/C25H20F3N3O4S/c1-3-35-24(32)18-13-29-31(23(18)25(26,27)28)19-11-12-20-22-17(19)5-4-6-21(22)36(33)30(20)14-15-7-9-16(34-2)10-8-15/h4-13H,3,14H2,1-2H3. The Balaban J connectivity index is 1.63. The summed E-state index contributed by atoms with van der Waals surface area (Å²) in [5.41, 5.74) is -0.264. The number of anilines is 1. The van der Waals surface area contributed by atoms with Crippen LogP contribution in [0.5, 0.6) is 5.75 Å². The molecular weight excluding hydrogens is 495 g/mol. The predicted molar refractivity (Wildman–Crippen MR) is 128 cm³/mol. The van der Waals surface area contributed by atoms with Crippen molar-refractivity contribution in [2.24, 2.45) is 0 Å². The largest absolute Gasteiger partial charge is 0.497 e. The SMILES string of the molecule is CCOC(=O)c1cnn(-c2ccc3c4c(cccc24)S(=O)N3Cc2ccc(OC)cc2)c1C(F)(F)F. The molecule has 36 heavy (non-hydrogen) atoms. The highest BCUT2D eigenvalue weighted by Crippen LogP contribution is 2.44. The van der Waals surface area contributed by atoms with E-state index < -0.39 is 34.4 Å². The number of aromatic nitrogens is 2. The number of carbonyl (C=O) groups is 1. The maximum atomic E-state index is 14.1. The lowest BCUT2D eigenvalue weighted by molar-refractivity contribution is -0.143. The van der Waals surface area contributed by atoms with E-state index in [0.29, 0.717) is 38.3 Å². The highest BCUT2D eigenvalue weighted by atomic mass is 32.2. The molecule has 186 valence electrons. The second kappa shape index (κ2) is 8.98. The van der Waals surface area contributed by atoms with Crippen LogP contribution in [-0.2, 0) is 28.4 Å². The molecule has 0 aliphatic carbocycles. The van der Waals surface area contributed by atoms with E-state index in [9.17, 15) is 22.2 Å². The monoisotopic (exact) mass is 515 g/mol. The summed E-state index contributed by atoms with van der Waals surface area (Å²) >= 11 is 0. The van der Waals surface area contributed by atoms with E-state index in [4.69, 9.17) is 9.47 Å². The van der Waals surface area contributed by atoms with Crippen LogP contribution in [0.25, 0.3) is 16.5 Å². The van der Waals surface area contributed by atoms with Crippen molar-refractivity contribution in [2.45, 2.75) is 24.5 Å². The molecule has 11 heteroatoms. The van der Waals surface area contributed by atoms with Crippen molar-refractivity contribution in [3.8, 4) is 11.4 Å². The zero-order valence-corrected chi connectivity index (χ0v) is 20.0. The molecule has 1 unspecified atom stereocenters. The highest BCUT2D eigenvalue weighted by Gasteiger charge is 2.41. The van der Waals surface area contributed by atoms with Gasteiger partial charge in [-0.25, -0.2) is 13.7 Å². The number of ether oxygens (including phenoxy) is 2. The molecule has 1 aliphatic rings. The van der Waals surface area contributed by atoms with Gasteiger partial charge in [0, 0.05) is 10.8 Å². The number of hydrogen-bond donors (Lipinski definition) is 0. The summed E-state index contributed by atoms with van der Waals surface area (Å²) in [6.45, 7) is 1.76. The van der Waals surface area contributed by atoms with Crippen LogP contribution in [0.2, 0.25) is 0 Å². The molecule has 0 bridgehead atoms.